The second-order valence-electron chi connectivity index (χ2n) is 5.43. The van der Waals surface area contributed by atoms with Gasteiger partial charge in [0, 0.05) is 12.3 Å². The first-order chi connectivity index (χ1) is 12.2. The lowest BCUT2D eigenvalue weighted by molar-refractivity contribution is 0.102. The number of ether oxygens (including phenoxy) is 2. The number of benzene rings is 2. The first-order valence-electron chi connectivity index (χ1n) is 7.79. The molecule has 1 N–H and O–H groups in total. The third-order valence-electron chi connectivity index (χ3n) is 3.74. The molecule has 0 spiro atoms. The third-order valence-corrected chi connectivity index (χ3v) is 3.74. The average molecular weight is 337 g/mol. The highest BCUT2D eigenvalue weighted by Gasteiger charge is 2.13. The highest BCUT2D eigenvalue weighted by molar-refractivity contribution is 6.04. The number of nitrogens with zero attached hydrogens (tertiary/aromatic N) is 2. The Morgan fingerprint density at radius 2 is 1.92 bits per heavy atom. The fraction of sp³-hybridized carbons (Fsp3) is 0.158. The number of nitrogens with one attached hydrogen (secondary N) is 1. The van der Waals surface area contributed by atoms with E-state index in [1.807, 2.05) is 30.3 Å². The quantitative estimate of drug-likeness (QED) is 0.750. The number of methoxy groups -OCH3 is 2. The number of carbonyl (C=O) groups is 1. The van der Waals surface area contributed by atoms with Gasteiger partial charge in [-0.15, -0.1) is 0 Å². The summed E-state index contributed by atoms with van der Waals surface area (Å²) in [5.41, 5.74) is 2.13. The Morgan fingerprint density at radius 1 is 1.12 bits per heavy atom. The zero-order chi connectivity index (χ0) is 17.6. The zero-order valence-electron chi connectivity index (χ0n) is 14.1. The Hall–Kier alpha value is -3.28. The van der Waals surface area contributed by atoms with Crippen LogP contribution in [0.15, 0.2) is 60.9 Å². The lowest BCUT2D eigenvalue weighted by Crippen LogP contribution is -2.12. The molecule has 0 atom stereocenters. The van der Waals surface area contributed by atoms with Gasteiger partial charge in [-0.25, -0.2) is 0 Å². The molecule has 3 aromatic rings. The van der Waals surface area contributed by atoms with E-state index < -0.39 is 0 Å². The molecule has 25 heavy (non-hydrogen) atoms. The second kappa shape index (κ2) is 7.53. The number of hydrogen-bond donors (Lipinski definition) is 1. The molecule has 0 aliphatic carbocycles. The van der Waals surface area contributed by atoms with Crippen LogP contribution in [0.2, 0.25) is 0 Å². The number of rotatable bonds is 6. The van der Waals surface area contributed by atoms with Gasteiger partial charge in [0.15, 0.2) is 0 Å². The summed E-state index contributed by atoms with van der Waals surface area (Å²) in [5, 5.41) is 7.08. The highest BCUT2D eigenvalue weighted by atomic mass is 16.5. The van der Waals surface area contributed by atoms with Gasteiger partial charge in [-0.05, 0) is 17.7 Å². The maximum atomic E-state index is 12.5. The van der Waals surface area contributed by atoms with Gasteiger partial charge in [-0.3, -0.25) is 9.48 Å². The normalized spacial score (nSPS) is 10.3. The molecule has 0 fully saturated rings. The molecule has 0 aliphatic rings. The van der Waals surface area contributed by atoms with Crippen molar-refractivity contribution in [3.05, 3.63) is 72.1 Å². The largest absolute Gasteiger partial charge is 0.497 e. The van der Waals surface area contributed by atoms with E-state index in [9.17, 15) is 4.79 Å². The van der Waals surface area contributed by atoms with Crippen molar-refractivity contribution in [2.24, 2.45) is 0 Å². The summed E-state index contributed by atoms with van der Waals surface area (Å²) in [6, 6.07) is 15.2. The van der Waals surface area contributed by atoms with Crippen molar-refractivity contribution < 1.29 is 14.3 Å². The molecule has 128 valence electrons. The van der Waals surface area contributed by atoms with Crippen molar-refractivity contribution in [1.29, 1.82) is 0 Å². The summed E-state index contributed by atoms with van der Waals surface area (Å²) in [4.78, 5) is 12.5. The van der Waals surface area contributed by atoms with Crippen molar-refractivity contribution >= 4 is 11.6 Å². The van der Waals surface area contributed by atoms with Gasteiger partial charge in [-0.1, -0.05) is 30.3 Å². The maximum absolute atomic E-state index is 12.5. The monoisotopic (exact) mass is 337 g/mol. The minimum Gasteiger partial charge on any atom is -0.497 e. The lowest BCUT2D eigenvalue weighted by Gasteiger charge is -2.11. The Kier molecular flexibility index (Phi) is 4.99. The summed E-state index contributed by atoms with van der Waals surface area (Å²) in [6.07, 6.45) is 3.26. The van der Waals surface area contributed by atoms with Gasteiger partial charge in [-0.2, -0.15) is 5.10 Å². The molecule has 0 saturated heterocycles. The van der Waals surface area contributed by atoms with Crippen LogP contribution in [0.5, 0.6) is 11.5 Å². The number of carbonyl (C=O) groups excluding carboxylic acids is 1. The van der Waals surface area contributed by atoms with Crippen molar-refractivity contribution in [2.45, 2.75) is 6.54 Å². The van der Waals surface area contributed by atoms with Crippen LogP contribution in [0.3, 0.4) is 0 Å². The summed E-state index contributed by atoms with van der Waals surface area (Å²) in [5.74, 6) is 0.938. The van der Waals surface area contributed by atoms with Crippen LogP contribution in [0, 0.1) is 0 Å². The molecule has 0 unspecified atom stereocenters. The van der Waals surface area contributed by atoms with E-state index in [0.29, 0.717) is 29.3 Å². The van der Waals surface area contributed by atoms with E-state index in [1.165, 1.54) is 0 Å². The molecule has 1 heterocycles. The number of hydrogen-bond acceptors (Lipinski definition) is 4. The van der Waals surface area contributed by atoms with E-state index in [0.717, 1.165) is 5.56 Å². The summed E-state index contributed by atoms with van der Waals surface area (Å²) < 4.78 is 12.2. The van der Waals surface area contributed by atoms with Crippen LogP contribution >= 0.6 is 0 Å². The molecule has 6 heteroatoms. The van der Waals surface area contributed by atoms with Crippen molar-refractivity contribution in [1.82, 2.24) is 9.78 Å². The predicted molar refractivity (Wildman–Crippen MR) is 95.3 cm³/mol. The van der Waals surface area contributed by atoms with Gasteiger partial charge < -0.3 is 14.8 Å². The van der Waals surface area contributed by atoms with E-state index >= 15 is 0 Å². The van der Waals surface area contributed by atoms with Crippen LogP contribution in [-0.2, 0) is 6.54 Å². The van der Waals surface area contributed by atoms with Crippen LogP contribution in [-0.4, -0.2) is 29.9 Å². The molecule has 2 aromatic carbocycles. The topological polar surface area (TPSA) is 65.4 Å². The van der Waals surface area contributed by atoms with Gasteiger partial charge in [0.05, 0.1) is 38.2 Å². The Balaban J connectivity index is 1.74. The zero-order valence-corrected chi connectivity index (χ0v) is 14.1. The molecular formula is C19H19N3O3. The van der Waals surface area contributed by atoms with Gasteiger partial charge in [0.2, 0.25) is 0 Å². The standard InChI is InChI=1S/C19H19N3O3/c1-24-16-8-9-18(25-2)17(10-16)21-19(23)15-11-20-22(13-15)12-14-6-4-3-5-7-14/h3-11,13H,12H2,1-2H3,(H,21,23). The Bertz CT molecular complexity index is 859. The Morgan fingerprint density at radius 3 is 2.64 bits per heavy atom. The first kappa shape index (κ1) is 16.6. The van der Waals surface area contributed by atoms with E-state index in [1.54, 1.807) is 49.5 Å². The third kappa shape index (κ3) is 3.98. The summed E-state index contributed by atoms with van der Waals surface area (Å²) >= 11 is 0. The summed E-state index contributed by atoms with van der Waals surface area (Å²) in [7, 11) is 3.12. The van der Waals surface area contributed by atoms with E-state index in [4.69, 9.17) is 9.47 Å². The minimum atomic E-state index is -0.258. The van der Waals surface area contributed by atoms with Crippen molar-refractivity contribution in [3.8, 4) is 11.5 Å². The SMILES string of the molecule is COc1ccc(OC)c(NC(=O)c2cnn(Cc3ccccc3)c2)c1. The molecule has 0 radical (unpaired) electrons. The fourth-order valence-corrected chi connectivity index (χ4v) is 2.44. The van der Waals surface area contributed by atoms with Gasteiger partial charge in [0.25, 0.3) is 5.91 Å². The van der Waals surface area contributed by atoms with Gasteiger partial charge in [0.1, 0.15) is 11.5 Å². The number of anilines is 1. The Labute approximate surface area is 146 Å². The van der Waals surface area contributed by atoms with E-state index in [2.05, 4.69) is 10.4 Å². The molecule has 3 rings (SSSR count). The van der Waals surface area contributed by atoms with Crippen LogP contribution in [0.1, 0.15) is 15.9 Å². The van der Waals surface area contributed by atoms with Crippen LogP contribution in [0.4, 0.5) is 5.69 Å². The van der Waals surface area contributed by atoms with E-state index in [-0.39, 0.29) is 5.91 Å². The van der Waals surface area contributed by atoms with Crippen molar-refractivity contribution in [3.63, 3.8) is 0 Å². The summed E-state index contributed by atoms with van der Waals surface area (Å²) in [6.45, 7) is 0.608. The lowest BCUT2D eigenvalue weighted by atomic mass is 10.2. The molecular weight excluding hydrogens is 318 g/mol. The molecule has 1 amide bonds. The predicted octanol–water partition coefficient (Wildman–Crippen LogP) is 3.20. The smallest absolute Gasteiger partial charge is 0.258 e. The number of aromatic nitrogens is 2. The maximum Gasteiger partial charge on any atom is 0.258 e. The van der Waals surface area contributed by atoms with Crippen LogP contribution in [0.25, 0.3) is 0 Å². The molecule has 0 saturated carbocycles. The van der Waals surface area contributed by atoms with Crippen LogP contribution < -0.4 is 14.8 Å². The average Bonchev–Trinajstić information content (AvgIpc) is 3.11. The molecule has 0 bridgehead atoms. The molecule has 1 aromatic heterocycles. The second-order valence-corrected chi connectivity index (χ2v) is 5.43. The molecule has 0 aliphatic heterocycles. The number of amides is 1. The highest BCUT2D eigenvalue weighted by Crippen LogP contribution is 2.29. The molecule has 6 nitrogen and oxygen atoms in total. The minimum absolute atomic E-state index is 0.258. The van der Waals surface area contributed by atoms with Gasteiger partial charge >= 0.3 is 0 Å². The van der Waals surface area contributed by atoms with Crippen molar-refractivity contribution in [2.75, 3.05) is 19.5 Å². The first-order valence-corrected chi connectivity index (χ1v) is 7.79. The fourth-order valence-electron chi connectivity index (χ4n) is 2.44.